The summed E-state index contributed by atoms with van der Waals surface area (Å²) in [6.45, 7) is 0.645. The van der Waals surface area contributed by atoms with Gasteiger partial charge in [0.15, 0.2) is 0 Å². The van der Waals surface area contributed by atoms with Crippen molar-refractivity contribution >= 4 is 5.91 Å². The molecule has 1 aliphatic rings. The van der Waals surface area contributed by atoms with E-state index in [1.54, 1.807) is 0 Å². The lowest BCUT2D eigenvalue weighted by Crippen LogP contribution is -2.46. The van der Waals surface area contributed by atoms with Gasteiger partial charge in [0.2, 0.25) is 5.91 Å². The van der Waals surface area contributed by atoms with Crippen molar-refractivity contribution in [3.63, 3.8) is 0 Å². The number of amides is 1. The van der Waals surface area contributed by atoms with Crippen LogP contribution in [0.5, 0.6) is 0 Å². The maximum absolute atomic E-state index is 11.8. The molecule has 128 valence electrons. The van der Waals surface area contributed by atoms with E-state index in [0.29, 0.717) is 6.54 Å². The summed E-state index contributed by atoms with van der Waals surface area (Å²) in [4.78, 5) is 11.8. The molecule has 3 heteroatoms. The molecule has 1 atom stereocenters. The lowest BCUT2D eigenvalue weighted by Gasteiger charge is -2.26. The molecule has 1 unspecified atom stereocenters. The Balaban J connectivity index is 1.81. The molecule has 2 N–H and O–H groups in total. The van der Waals surface area contributed by atoms with Crippen molar-refractivity contribution in [1.29, 1.82) is 0 Å². The molecule has 1 amide bonds. The summed E-state index contributed by atoms with van der Waals surface area (Å²) in [5.41, 5.74) is 11.6. The Hall–Kier alpha value is -2.91. The molecule has 0 spiro atoms. The molecule has 0 aliphatic carbocycles. The number of rotatable bonds is 4. The van der Waals surface area contributed by atoms with Crippen molar-refractivity contribution < 1.29 is 4.79 Å². The zero-order valence-electron chi connectivity index (χ0n) is 14.4. The van der Waals surface area contributed by atoms with Gasteiger partial charge in [0.1, 0.15) is 0 Å². The maximum Gasteiger partial charge on any atom is 0.243 e. The molecule has 1 heterocycles. The van der Waals surface area contributed by atoms with Crippen LogP contribution in [0.25, 0.3) is 11.1 Å². The van der Waals surface area contributed by atoms with Crippen LogP contribution in [-0.2, 0) is 11.2 Å². The predicted octanol–water partition coefficient (Wildman–Crippen LogP) is 3.74. The van der Waals surface area contributed by atoms with Gasteiger partial charge in [0.25, 0.3) is 0 Å². The van der Waals surface area contributed by atoms with Crippen LogP contribution in [0.4, 0.5) is 0 Å². The van der Waals surface area contributed by atoms with E-state index in [1.807, 2.05) is 12.1 Å². The second-order valence-corrected chi connectivity index (χ2v) is 6.43. The van der Waals surface area contributed by atoms with Crippen LogP contribution < -0.4 is 10.9 Å². The molecule has 26 heavy (non-hydrogen) atoms. The van der Waals surface area contributed by atoms with E-state index in [4.69, 9.17) is 0 Å². The van der Waals surface area contributed by atoms with E-state index >= 15 is 0 Å². The standard InChI is InChI=1S/C23H20N2O/c26-23-15-19(16-24-25-23)21-13-7-12-20(18-10-5-2-6-11-18)22(21)14-17-8-3-1-4-9-17/h1-13,19,24H,14,16H2,(H,25,26). The average molecular weight is 340 g/mol. The molecule has 3 aromatic rings. The minimum Gasteiger partial charge on any atom is -0.291 e. The van der Waals surface area contributed by atoms with Gasteiger partial charge in [-0.25, -0.2) is 5.43 Å². The van der Waals surface area contributed by atoms with Crippen molar-refractivity contribution in [3.05, 3.63) is 102 Å². The minimum absolute atomic E-state index is 0.0638. The van der Waals surface area contributed by atoms with E-state index in [-0.39, 0.29) is 11.8 Å². The minimum atomic E-state index is -0.197. The molecule has 1 fully saturated rings. The second-order valence-electron chi connectivity index (χ2n) is 6.43. The van der Waals surface area contributed by atoms with E-state index in [2.05, 4.69) is 84.0 Å². The van der Waals surface area contributed by atoms with Crippen molar-refractivity contribution in [2.75, 3.05) is 6.54 Å². The highest BCUT2D eigenvalue weighted by Gasteiger charge is 2.25. The van der Waals surface area contributed by atoms with Gasteiger partial charge in [0, 0.05) is 12.5 Å². The Labute approximate surface area is 154 Å². The Morgan fingerprint density at radius 1 is 0.885 bits per heavy atom. The van der Waals surface area contributed by atoms with Crippen LogP contribution in [-0.4, -0.2) is 12.5 Å². The summed E-state index contributed by atoms with van der Waals surface area (Å²) in [5.74, 6) is -0.261. The fourth-order valence-corrected chi connectivity index (χ4v) is 3.48. The quantitative estimate of drug-likeness (QED) is 0.759. The fourth-order valence-electron chi connectivity index (χ4n) is 3.48. The highest BCUT2D eigenvalue weighted by atomic mass is 16.2. The molecule has 0 aromatic heterocycles. The van der Waals surface area contributed by atoms with Gasteiger partial charge >= 0.3 is 0 Å². The maximum atomic E-state index is 11.8. The number of hydrogen-bond acceptors (Lipinski definition) is 2. The van der Waals surface area contributed by atoms with E-state index in [1.165, 1.54) is 22.3 Å². The number of carbonyl (C=O) groups excluding carboxylic acids is 1. The Morgan fingerprint density at radius 3 is 2.35 bits per heavy atom. The van der Waals surface area contributed by atoms with Gasteiger partial charge in [0.05, 0.1) is 6.42 Å². The molecule has 4 rings (SSSR count). The molecule has 1 aliphatic heterocycles. The average Bonchev–Trinajstić information content (AvgIpc) is 2.70. The van der Waals surface area contributed by atoms with Gasteiger partial charge in [-0.1, -0.05) is 78.9 Å². The molecule has 2 radical (unpaired) electrons. The summed E-state index contributed by atoms with van der Waals surface area (Å²) in [6, 6.07) is 27.2. The fraction of sp³-hybridized carbons (Fsp3) is 0.130. The molecular weight excluding hydrogens is 320 g/mol. The zero-order chi connectivity index (χ0) is 17.8. The summed E-state index contributed by atoms with van der Waals surface area (Å²) in [5, 5.41) is 0. The van der Waals surface area contributed by atoms with Gasteiger partial charge < -0.3 is 0 Å². The highest BCUT2D eigenvalue weighted by Crippen LogP contribution is 2.33. The Morgan fingerprint density at radius 2 is 1.62 bits per heavy atom. The van der Waals surface area contributed by atoms with E-state index < -0.39 is 0 Å². The van der Waals surface area contributed by atoms with Crippen molar-refractivity contribution in [2.45, 2.75) is 12.3 Å². The third-order valence-electron chi connectivity index (χ3n) is 4.71. The lowest BCUT2D eigenvalue weighted by atomic mass is 9.84. The van der Waals surface area contributed by atoms with Crippen LogP contribution in [0.3, 0.4) is 0 Å². The van der Waals surface area contributed by atoms with Gasteiger partial charge in [-0.15, -0.1) is 0 Å². The number of hydrogen-bond donors (Lipinski definition) is 2. The summed E-state index contributed by atoms with van der Waals surface area (Å²) in [6.07, 6.45) is 3.85. The highest BCUT2D eigenvalue weighted by molar-refractivity contribution is 5.86. The summed E-state index contributed by atoms with van der Waals surface area (Å²) >= 11 is 0. The SMILES string of the molecule is O=C1[C]C(c2cccc(-c3ccccc3)c2Cc2ccccc2)CNN1. The van der Waals surface area contributed by atoms with Crippen LogP contribution in [0.1, 0.15) is 22.6 Å². The predicted molar refractivity (Wildman–Crippen MR) is 103 cm³/mol. The van der Waals surface area contributed by atoms with Crippen LogP contribution in [0.15, 0.2) is 78.9 Å². The zero-order valence-corrected chi connectivity index (χ0v) is 14.4. The topological polar surface area (TPSA) is 41.1 Å². The van der Waals surface area contributed by atoms with Crippen molar-refractivity contribution in [3.8, 4) is 11.1 Å². The molecule has 1 saturated heterocycles. The van der Waals surface area contributed by atoms with Crippen molar-refractivity contribution in [2.24, 2.45) is 0 Å². The normalized spacial score (nSPS) is 16.9. The molecule has 3 nitrogen and oxygen atoms in total. The van der Waals surface area contributed by atoms with Crippen LogP contribution in [0.2, 0.25) is 0 Å². The van der Waals surface area contributed by atoms with E-state index in [0.717, 1.165) is 12.0 Å². The van der Waals surface area contributed by atoms with Crippen LogP contribution >= 0.6 is 0 Å². The molecular formula is C23H20N2O. The first-order valence-electron chi connectivity index (χ1n) is 8.82. The first kappa shape index (κ1) is 16.6. The Bertz CT molecular complexity index is 891. The third-order valence-corrected chi connectivity index (χ3v) is 4.71. The molecule has 3 aromatic carbocycles. The first-order chi connectivity index (χ1) is 12.8. The number of nitrogens with one attached hydrogen (secondary N) is 2. The first-order valence-corrected chi connectivity index (χ1v) is 8.82. The van der Waals surface area contributed by atoms with Crippen LogP contribution in [0, 0.1) is 6.42 Å². The van der Waals surface area contributed by atoms with Crippen molar-refractivity contribution in [1.82, 2.24) is 10.9 Å². The van der Waals surface area contributed by atoms with Gasteiger partial charge in [-0.3, -0.25) is 10.2 Å². The Kier molecular flexibility index (Phi) is 4.80. The summed E-state index contributed by atoms with van der Waals surface area (Å²) < 4.78 is 0. The smallest absolute Gasteiger partial charge is 0.243 e. The molecule has 0 bridgehead atoms. The summed E-state index contributed by atoms with van der Waals surface area (Å²) in [7, 11) is 0. The number of benzene rings is 3. The number of carbonyl (C=O) groups is 1. The third kappa shape index (κ3) is 3.53. The number of hydrazine groups is 1. The van der Waals surface area contributed by atoms with Gasteiger partial charge in [-0.05, 0) is 34.2 Å². The largest absolute Gasteiger partial charge is 0.291 e. The monoisotopic (exact) mass is 340 g/mol. The van der Waals surface area contributed by atoms with E-state index in [9.17, 15) is 4.79 Å². The molecule has 0 saturated carbocycles. The second kappa shape index (κ2) is 7.54. The van der Waals surface area contributed by atoms with Gasteiger partial charge in [-0.2, -0.15) is 0 Å². The lowest BCUT2D eigenvalue weighted by molar-refractivity contribution is -0.120.